The van der Waals surface area contributed by atoms with E-state index in [4.69, 9.17) is 0 Å². The Bertz CT molecular complexity index is 545. The summed E-state index contributed by atoms with van der Waals surface area (Å²) < 4.78 is 37.9. The van der Waals surface area contributed by atoms with Crippen LogP contribution in [0.15, 0.2) is 36.4 Å². The summed E-state index contributed by atoms with van der Waals surface area (Å²) >= 11 is 5.03. The molecule has 0 N–H and O–H groups in total. The largest absolute Gasteiger partial charge is 0.416 e. The molecule has 0 aliphatic heterocycles. The molecule has 1 atom stereocenters. The van der Waals surface area contributed by atoms with Crippen LogP contribution in [0.3, 0.4) is 0 Å². The molecule has 5 heteroatoms. The first kappa shape index (κ1) is 13.6. The van der Waals surface area contributed by atoms with E-state index >= 15 is 0 Å². The second-order valence-corrected chi connectivity index (χ2v) is 6.17. The molecule has 0 nitrogen and oxygen atoms in total. The van der Waals surface area contributed by atoms with Crippen molar-refractivity contribution < 1.29 is 13.2 Å². The minimum absolute atomic E-state index is 0.196. The highest BCUT2D eigenvalue weighted by Gasteiger charge is 2.31. The van der Waals surface area contributed by atoms with Crippen molar-refractivity contribution in [2.75, 3.05) is 0 Å². The highest BCUT2D eigenvalue weighted by molar-refractivity contribution is 9.09. The van der Waals surface area contributed by atoms with Crippen molar-refractivity contribution in [2.24, 2.45) is 0 Å². The summed E-state index contributed by atoms with van der Waals surface area (Å²) in [7, 11) is 0. The van der Waals surface area contributed by atoms with Crippen molar-refractivity contribution in [3.05, 3.63) is 57.3 Å². The fourth-order valence-corrected chi connectivity index (χ4v) is 3.23. The average molecular weight is 335 g/mol. The lowest BCUT2D eigenvalue weighted by Crippen LogP contribution is -2.05. The summed E-state index contributed by atoms with van der Waals surface area (Å²) in [6.45, 7) is 1.97. The van der Waals surface area contributed by atoms with Crippen molar-refractivity contribution in [1.82, 2.24) is 0 Å². The lowest BCUT2D eigenvalue weighted by atomic mass is 10.1. The zero-order valence-electron chi connectivity index (χ0n) is 9.46. The van der Waals surface area contributed by atoms with Crippen molar-refractivity contribution in [3.8, 4) is 0 Å². The van der Waals surface area contributed by atoms with E-state index in [1.54, 1.807) is 17.4 Å². The molecule has 2 rings (SSSR count). The summed E-state index contributed by atoms with van der Waals surface area (Å²) in [5, 5.41) is 0. The Hall–Kier alpha value is -0.810. The third-order valence-corrected chi connectivity index (χ3v) is 4.91. The molecule has 18 heavy (non-hydrogen) atoms. The van der Waals surface area contributed by atoms with Gasteiger partial charge in [-0.25, -0.2) is 0 Å². The number of hydrogen-bond acceptors (Lipinski definition) is 1. The van der Waals surface area contributed by atoms with Gasteiger partial charge >= 0.3 is 6.18 Å². The van der Waals surface area contributed by atoms with E-state index in [1.807, 2.05) is 19.1 Å². The predicted molar refractivity (Wildman–Crippen MR) is 71.3 cm³/mol. The molecule has 1 unspecified atom stereocenters. The summed E-state index contributed by atoms with van der Waals surface area (Å²) in [4.78, 5) is 1.95. The number of thiophene rings is 1. The minimum atomic E-state index is -4.30. The van der Waals surface area contributed by atoms with Gasteiger partial charge in [-0.2, -0.15) is 13.2 Å². The maximum Gasteiger partial charge on any atom is 0.416 e. The molecule has 1 aromatic carbocycles. The van der Waals surface area contributed by atoms with E-state index in [2.05, 4.69) is 15.9 Å². The number of benzene rings is 1. The van der Waals surface area contributed by atoms with E-state index in [0.717, 1.165) is 15.8 Å². The lowest BCUT2D eigenvalue weighted by molar-refractivity contribution is -0.137. The summed E-state index contributed by atoms with van der Waals surface area (Å²) in [6.07, 6.45) is -4.30. The molecule has 1 aromatic heterocycles. The first-order valence-corrected chi connectivity index (χ1v) is 6.98. The van der Waals surface area contributed by atoms with E-state index in [1.165, 1.54) is 12.1 Å². The molecule has 0 aliphatic carbocycles. The lowest BCUT2D eigenvalue weighted by Gasteiger charge is -2.12. The number of alkyl halides is 4. The highest BCUT2D eigenvalue weighted by atomic mass is 79.9. The molecule has 1 heterocycles. The van der Waals surface area contributed by atoms with Gasteiger partial charge in [0.05, 0.1) is 10.4 Å². The Morgan fingerprint density at radius 3 is 2.44 bits per heavy atom. The Balaban J connectivity index is 2.34. The molecule has 0 amide bonds. The molecule has 0 spiro atoms. The van der Waals surface area contributed by atoms with Gasteiger partial charge < -0.3 is 0 Å². The molecule has 0 radical (unpaired) electrons. The summed E-state index contributed by atoms with van der Waals surface area (Å²) in [5.41, 5.74) is 0.00408. The third-order valence-electron chi connectivity index (χ3n) is 2.52. The van der Waals surface area contributed by atoms with Crippen LogP contribution in [-0.2, 0) is 6.18 Å². The third kappa shape index (κ3) is 2.95. The van der Waals surface area contributed by atoms with Gasteiger partial charge in [0, 0.05) is 9.75 Å². The summed E-state index contributed by atoms with van der Waals surface area (Å²) in [5.74, 6) is 0. The number of halogens is 4. The molecule has 0 aliphatic rings. The predicted octanol–water partition coefficient (Wildman–Crippen LogP) is 5.56. The number of hydrogen-bond donors (Lipinski definition) is 0. The number of aryl methyl sites for hydroxylation is 1. The van der Waals surface area contributed by atoms with E-state index in [-0.39, 0.29) is 4.83 Å². The average Bonchev–Trinajstić information content (AvgIpc) is 2.74. The SMILES string of the molecule is Cc1ccc(C(Br)c2cccc(C(F)(F)F)c2)s1. The van der Waals surface area contributed by atoms with Crippen LogP contribution in [0.1, 0.15) is 25.7 Å². The van der Waals surface area contributed by atoms with Gasteiger partial charge in [-0.15, -0.1) is 11.3 Å². The first-order chi connectivity index (χ1) is 8.38. The summed E-state index contributed by atoms with van der Waals surface area (Å²) in [6, 6.07) is 9.30. The van der Waals surface area contributed by atoms with Crippen LogP contribution in [-0.4, -0.2) is 0 Å². The van der Waals surface area contributed by atoms with E-state index in [0.29, 0.717) is 5.56 Å². The molecule has 0 saturated carbocycles. The maximum atomic E-state index is 12.6. The molecule has 96 valence electrons. The van der Waals surface area contributed by atoms with Gasteiger partial charge in [-0.3, -0.25) is 0 Å². The van der Waals surface area contributed by atoms with E-state index < -0.39 is 11.7 Å². The second kappa shape index (κ2) is 5.05. The molecule has 0 fully saturated rings. The smallest absolute Gasteiger partial charge is 0.166 e. The van der Waals surface area contributed by atoms with Crippen LogP contribution in [0.25, 0.3) is 0 Å². The van der Waals surface area contributed by atoms with Crippen molar-refractivity contribution in [1.29, 1.82) is 0 Å². The standard InChI is InChI=1S/C13H10BrF3S/c1-8-5-6-11(18-8)12(14)9-3-2-4-10(7-9)13(15,16)17/h2-7,12H,1H3. The fourth-order valence-electron chi connectivity index (χ4n) is 1.63. The normalized spacial score (nSPS) is 13.6. The topological polar surface area (TPSA) is 0 Å². The van der Waals surface area contributed by atoms with Gasteiger partial charge in [-0.1, -0.05) is 34.1 Å². The number of rotatable bonds is 2. The van der Waals surface area contributed by atoms with Crippen LogP contribution >= 0.6 is 27.3 Å². The van der Waals surface area contributed by atoms with Gasteiger partial charge in [0.15, 0.2) is 0 Å². The van der Waals surface area contributed by atoms with Crippen LogP contribution in [0.5, 0.6) is 0 Å². The van der Waals surface area contributed by atoms with Gasteiger partial charge in [0.1, 0.15) is 0 Å². The van der Waals surface area contributed by atoms with Crippen LogP contribution in [0.4, 0.5) is 13.2 Å². The molecule has 0 bridgehead atoms. The monoisotopic (exact) mass is 334 g/mol. The Labute approximate surface area is 116 Å². The Kier molecular flexibility index (Phi) is 3.82. The zero-order chi connectivity index (χ0) is 13.3. The minimum Gasteiger partial charge on any atom is -0.166 e. The molecule has 0 saturated heterocycles. The molecular formula is C13H10BrF3S. The van der Waals surface area contributed by atoms with Crippen LogP contribution in [0, 0.1) is 6.92 Å². The van der Waals surface area contributed by atoms with Crippen molar-refractivity contribution >= 4 is 27.3 Å². The Morgan fingerprint density at radius 1 is 1.17 bits per heavy atom. The zero-order valence-corrected chi connectivity index (χ0v) is 11.9. The quantitative estimate of drug-likeness (QED) is 0.630. The van der Waals surface area contributed by atoms with Crippen molar-refractivity contribution in [2.45, 2.75) is 17.9 Å². The first-order valence-electron chi connectivity index (χ1n) is 5.25. The van der Waals surface area contributed by atoms with Crippen LogP contribution < -0.4 is 0 Å². The highest BCUT2D eigenvalue weighted by Crippen LogP contribution is 2.37. The molecular weight excluding hydrogens is 325 g/mol. The second-order valence-electron chi connectivity index (χ2n) is 3.93. The van der Waals surface area contributed by atoms with Crippen molar-refractivity contribution in [3.63, 3.8) is 0 Å². The van der Waals surface area contributed by atoms with Crippen LogP contribution in [0.2, 0.25) is 0 Å². The maximum absolute atomic E-state index is 12.6. The Morgan fingerprint density at radius 2 is 1.89 bits per heavy atom. The molecule has 2 aromatic rings. The van der Waals surface area contributed by atoms with Gasteiger partial charge in [0.2, 0.25) is 0 Å². The fraction of sp³-hybridized carbons (Fsp3) is 0.231. The van der Waals surface area contributed by atoms with Gasteiger partial charge in [0.25, 0.3) is 0 Å². The van der Waals surface area contributed by atoms with E-state index in [9.17, 15) is 13.2 Å². The van der Waals surface area contributed by atoms with Gasteiger partial charge in [-0.05, 0) is 30.7 Å².